The topological polar surface area (TPSA) is 82.3 Å². The number of carbonyl (C=O) groups excluding carboxylic acids is 1. The fourth-order valence-electron chi connectivity index (χ4n) is 2.40. The van der Waals surface area contributed by atoms with Gasteiger partial charge in [-0.25, -0.2) is 0 Å². The molecular formula is C20H19ClN2O3. The summed E-state index contributed by atoms with van der Waals surface area (Å²) in [6.07, 6.45) is 2.16. The number of aromatic hydroxyl groups is 1. The summed E-state index contributed by atoms with van der Waals surface area (Å²) in [6.45, 7) is 4.10. The number of nitrogens with zero attached hydrogens (tertiary/aromatic N) is 1. The van der Waals surface area contributed by atoms with Gasteiger partial charge in [-0.2, -0.15) is 5.26 Å². The lowest BCUT2D eigenvalue weighted by Gasteiger charge is -2.10. The van der Waals surface area contributed by atoms with E-state index < -0.39 is 5.91 Å². The number of hydrogen-bond donors (Lipinski definition) is 2. The number of nitriles is 1. The van der Waals surface area contributed by atoms with Crippen LogP contribution in [0.5, 0.6) is 11.5 Å². The van der Waals surface area contributed by atoms with E-state index in [4.69, 9.17) is 16.3 Å². The number of anilines is 1. The predicted octanol–water partition coefficient (Wildman–Crippen LogP) is 4.55. The molecule has 0 saturated heterocycles. The second-order valence-electron chi connectivity index (χ2n) is 5.42. The number of nitrogens with one attached hydrogen (secondary N) is 1. The second kappa shape index (κ2) is 8.93. The van der Waals surface area contributed by atoms with Gasteiger partial charge in [0.05, 0.1) is 11.6 Å². The number of phenols is 1. The Labute approximate surface area is 157 Å². The maximum atomic E-state index is 12.5. The molecule has 0 aliphatic heterocycles. The molecule has 1 amide bonds. The van der Waals surface area contributed by atoms with Crippen LogP contribution in [-0.4, -0.2) is 17.6 Å². The lowest BCUT2D eigenvalue weighted by molar-refractivity contribution is -0.112. The Balaban J connectivity index is 2.33. The van der Waals surface area contributed by atoms with Crippen LogP contribution in [0.4, 0.5) is 5.69 Å². The standard InChI is InChI=1S/C20H19ClN2O3/c1-3-14-7-5-6-8-17(14)23-20(25)15(12-22)9-13-10-16(21)19(24)18(11-13)26-4-2/h5-11,24H,3-4H2,1-2H3,(H,23,25)/b15-9+. The Hall–Kier alpha value is -2.97. The zero-order chi connectivity index (χ0) is 19.1. The number of aryl methyl sites for hydroxylation is 1. The second-order valence-corrected chi connectivity index (χ2v) is 5.82. The molecule has 2 N–H and O–H groups in total. The molecule has 0 saturated carbocycles. The van der Waals surface area contributed by atoms with Crippen LogP contribution in [-0.2, 0) is 11.2 Å². The van der Waals surface area contributed by atoms with Gasteiger partial charge in [0.2, 0.25) is 0 Å². The Morgan fingerprint density at radius 2 is 2.08 bits per heavy atom. The van der Waals surface area contributed by atoms with Crippen LogP contribution in [0, 0.1) is 11.3 Å². The third-order valence-corrected chi connectivity index (χ3v) is 3.96. The van der Waals surface area contributed by atoms with Crippen molar-refractivity contribution in [3.05, 3.63) is 58.1 Å². The summed E-state index contributed by atoms with van der Waals surface area (Å²) < 4.78 is 5.31. The first-order chi connectivity index (χ1) is 12.5. The molecule has 26 heavy (non-hydrogen) atoms. The number of para-hydroxylation sites is 1. The van der Waals surface area contributed by atoms with Gasteiger partial charge in [-0.3, -0.25) is 4.79 Å². The maximum absolute atomic E-state index is 12.5. The molecule has 2 aromatic rings. The van der Waals surface area contributed by atoms with Crippen molar-refractivity contribution in [2.75, 3.05) is 11.9 Å². The molecule has 0 spiro atoms. The molecule has 6 heteroatoms. The van der Waals surface area contributed by atoms with Crippen LogP contribution in [0.2, 0.25) is 5.02 Å². The summed E-state index contributed by atoms with van der Waals surface area (Å²) in [7, 11) is 0. The summed E-state index contributed by atoms with van der Waals surface area (Å²) in [5.41, 5.74) is 2.04. The van der Waals surface area contributed by atoms with Gasteiger partial charge < -0.3 is 15.2 Å². The van der Waals surface area contributed by atoms with Crippen molar-refractivity contribution in [3.8, 4) is 17.6 Å². The molecule has 0 radical (unpaired) electrons. The third-order valence-electron chi connectivity index (χ3n) is 3.67. The largest absolute Gasteiger partial charge is 0.503 e. The lowest BCUT2D eigenvalue weighted by atomic mass is 10.1. The number of benzene rings is 2. The van der Waals surface area contributed by atoms with E-state index in [-0.39, 0.29) is 22.1 Å². The highest BCUT2D eigenvalue weighted by Gasteiger charge is 2.13. The van der Waals surface area contributed by atoms with Gasteiger partial charge in [-0.05, 0) is 48.7 Å². The number of ether oxygens (including phenoxy) is 1. The average Bonchev–Trinajstić information content (AvgIpc) is 2.64. The monoisotopic (exact) mass is 370 g/mol. The third kappa shape index (κ3) is 4.56. The van der Waals surface area contributed by atoms with Crippen LogP contribution >= 0.6 is 11.6 Å². The summed E-state index contributed by atoms with van der Waals surface area (Å²) in [6, 6.07) is 12.3. The lowest BCUT2D eigenvalue weighted by Crippen LogP contribution is -2.14. The molecule has 0 unspecified atom stereocenters. The van der Waals surface area contributed by atoms with E-state index in [2.05, 4.69) is 5.32 Å². The highest BCUT2D eigenvalue weighted by molar-refractivity contribution is 6.32. The smallest absolute Gasteiger partial charge is 0.266 e. The number of rotatable bonds is 6. The van der Waals surface area contributed by atoms with E-state index in [1.165, 1.54) is 18.2 Å². The number of amides is 1. The van der Waals surface area contributed by atoms with Gasteiger partial charge in [-0.15, -0.1) is 0 Å². The molecular weight excluding hydrogens is 352 g/mol. The molecule has 2 rings (SSSR count). The fourth-order valence-corrected chi connectivity index (χ4v) is 2.62. The molecule has 0 fully saturated rings. The van der Waals surface area contributed by atoms with Crippen LogP contribution in [0.1, 0.15) is 25.0 Å². The minimum absolute atomic E-state index is 0.0798. The van der Waals surface area contributed by atoms with Crippen molar-refractivity contribution < 1.29 is 14.6 Å². The Kier molecular flexibility index (Phi) is 6.65. The molecule has 0 aliphatic rings. The fraction of sp³-hybridized carbons (Fsp3) is 0.200. The minimum atomic E-state index is -0.518. The number of hydrogen-bond acceptors (Lipinski definition) is 4. The first-order valence-corrected chi connectivity index (χ1v) is 8.54. The van der Waals surface area contributed by atoms with Gasteiger partial charge in [-0.1, -0.05) is 36.7 Å². The van der Waals surface area contributed by atoms with Crippen molar-refractivity contribution >= 4 is 29.3 Å². The molecule has 0 heterocycles. The van der Waals surface area contributed by atoms with Crippen LogP contribution in [0.15, 0.2) is 42.0 Å². The van der Waals surface area contributed by atoms with Crippen molar-refractivity contribution in [2.45, 2.75) is 20.3 Å². The van der Waals surface area contributed by atoms with E-state index in [0.717, 1.165) is 12.0 Å². The zero-order valence-corrected chi connectivity index (χ0v) is 15.3. The minimum Gasteiger partial charge on any atom is -0.503 e. The first kappa shape index (κ1) is 19.4. The molecule has 0 aliphatic carbocycles. The summed E-state index contributed by atoms with van der Waals surface area (Å²) in [4.78, 5) is 12.5. The molecule has 0 aromatic heterocycles. The van der Waals surface area contributed by atoms with Crippen molar-refractivity contribution in [1.82, 2.24) is 0 Å². The Bertz CT molecular complexity index is 885. The normalized spacial score (nSPS) is 10.9. The molecule has 0 bridgehead atoms. The van der Waals surface area contributed by atoms with Crippen molar-refractivity contribution in [3.63, 3.8) is 0 Å². The van der Waals surface area contributed by atoms with Gasteiger partial charge in [0.25, 0.3) is 5.91 Å². The Morgan fingerprint density at radius 3 is 2.73 bits per heavy atom. The Morgan fingerprint density at radius 1 is 1.35 bits per heavy atom. The van der Waals surface area contributed by atoms with Crippen molar-refractivity contribution in [1.29, 1.82) is 5.26 Å². The van der Waals surface area contributed by atoms with Crippen LogP contribution in [0.3, 0.4) is 0 Å². The number of carbonyl (C=O) groups is 1. The van der Waals surface area contributed by atoms with Gasteiger partial charge >= 0.3 is 0 Å². The van der Waals surface area contributed by atoms with E-state index >= 15 is 0 Å². The SMILES string of the molecule is CCOc1cc(/C=C(\C#N)C(=O)Nc2ccccc2CC)cc(Cl)c1O. The molecule has 2 aromatic carbocycles. The summed E-state index contributed by atoms with van der Waals surface area (Å²) in [5.74, 6) is -0.499. The van der Waals surface area contributed by atoms with Gasteiger partial charge in [0.15, 0.2) is 11.5 Å². The quantitative estimate of drug-likeness (QED) is 0.577. The van der Waals surface area contributed by atoms with Crippen LogP contribution in [0.25, 0.3) is 6.08 Å². The number of halogens is 1. The van der Waals surface area contributed by atoms with E-state index in [9.17, 15) is 15.2 Å². The predicted molar refractivity (Wildman–Crippen MR) is 102 cm³/mol. The summed E-state index contributed by atoms with van der Waals surface area (Å²) >= 11 is 5.99. The first-order valence-electron chi connectivity index (χ1n) is 8.16. The average molecular weight is 371 g/mol. The highest BCUT2D eigenvalue weighted by Crippen LogP contribution is 2.35. The van der Waals surface area contributed by atoms with Crippen LogP contribution < -0.4 is 10.1 Å². The molecule has 5 nitrogen and oxygen atoms in total. The zero-order valence-electron chi connectivity index (χ0n) is 14.5. The van der Waals surface area contributed by atoms with E-state index in [1.54, 1.807) is 13.0 Å². The maximum Gasteiger partial charge on any atom is 0.266 e. The van der Waals surface area contributed by atoms with Gasteiger partial charge in [0, 0.05) is 5.69 Å². The van der Waals surface area contributed by atoms with Gasteiger partial charge in [0.1, 0.15) is 11.6 Å². The van der Waals surface area contributed by atoms with E-state index in [0.29, 0.717) is 17.9 Å². The van der Waals surface area contributed by atoms with Crippen molar-refractivity contribution in [2.24, 2.45) is 0 Å². The van der Waals surface area contributed by atoms with E-state index in [1.807, 2.05) is 31.2 Å². The number of phenolic OH excluding ortho intramolecular Hbond substituents is 1. The molecule has 0 atom stereocenters. The molecule has 134 valence electrons. The highest BCUT2D eigenvalue weighted by atomic mass is 35.5. The summed E-state index contributed by atoms with van der Waals surface area (Å²) in [5, 5.41) is 22.1.